The van der Waals surface area contributed by atoms with Crippen LogP contribution >= 0.6 is 11.6 Å². The van der Waals surface area contributed by atoms with Gasteiger partial charge >= 0.3 is 5.97 Å². The largest absolute Gasteiger partial charge is 0.469 e. The van der Waals surface area contributed by atoms with Crippen molar-refractivity contribution in [3.63, 3.8) is 0 Å². The van der Waals surface area contributed by atoms with Crippen molar-refractivity contribution in [1.82, 2.24) is 0 Å². The zero-order chi connectivity index (χ0) is 14.5. The highest BCUT2D eigenvalue weighted by Crippen LogP contribution is 2.11. The number of aryl methyl sites for hydroxylation is 1. The zero-order valence-electron chi connectivity index (χ0n) is 10.8. The first-order valence-electron chi connectivity index (χ1n) is 5.88. The topological polar surface area (TPSA) is 77.8 Å². The molecule has 0 aliphatic rings. The van der Waals surface area contributed by atoms with Gasteiger partial charge in [0.25, 0.3) is 0 Å². The van der Waals surface area contributed by atoms with Crippen molar-refractivity contribution >= 4 is 23.4 Å². The molecule has 104 valence electrons. The van der Waals surface area contributed by atoms with Crippen LogP contribution in [0, 0.1) is 6.92 Å². The summed E-state index contributed by atoms with van der Waals surface area (Å²) in [6.07, 6.45) is 1.78. The van der Waals surface area contributed by atoms with Gasteiger partial charge in [-0.3, -0.25) is 0 Å². The van der Waals surface area contributed by atoms with Crippen LogP contribution in [0.2, 0.25) is 5.02 Å². The Morgan fingerprint density at radius 1 is 1.35 bits per heavy atom. The Labute approximate surface area is 121 Å². The van der Waals surface area contributed by atoms with Crippen molar-refractivity contribution in [2.24, 2.45) is 10.9 Å². The molecular formula is C14H13ClN2O3. The van der Waals surface area contributed by atoms with Gasteiger partial charge in [-0.2, -0.15) is 0 Å². The second kappa shape index (κ2) is 6.25. The molecule has 2 rings (SSSR count). The molecule has 0 fully saturated rings. The summed E-state index contributed by atoms with van der Waals surface area (Å²) in [5, 5.41) is 4.25. The van der Waals surface area contributed by atoms with Crippen molar-refractivity contribution in [2.45, 2.75) is 13.3 Å². The summed E-state index contributed by atoms with van der Waals surface area (Å²) in [4.78, 5) is 16.4. The number of carbonyl (C=O) groups is 1. The molecule has 1 heterocycles. The van der Waals surface area contributed by atoms with E-state index in [9.17, 15) is 4.79 Å². The number of oxime groups is 1. The molecular weight excluding hydrogens is 280 g/mol. The molecule has 2 aromatic rings. The van der Waals surface area contributed by atoms with Gasteiger partial charge in [0.1, 0.15) is 17.2 Å². The standard InChI is InChI=1S/C14H13ClN2O3/c1-9-12(6-7-19-9)14(18)20-17-13(16)8-10-2-4-11(15)5-3-10/h2-7H,8H2,1H3,(H2,16,17). The molecule has 0 atom stereocenters. The van der Waals surface area contributed by atoms with E-state index in [1.807, 2.05) is 12.1 Å². The number of halogens is 1. The third kappa shape index (κ3) is 3.61. The summed E-state index contributed by atoms with van der Waals surface area (Å²) >= 11 is 5.78. The predicted octanol–water partition coefficient (Wildman–Crippen LogP) is 2.91. The van der Waals surface area contributed by atoms with Crippen molar-refractivity contribution in [3.05, 3.63) is 58.5 Å². The maximum atomic E-state index is 11.7. The first-order chi connectivity index (χ1) is 9.56. The van der Waals surface area contributed by atoms with Crippen molar-refractivity contribution in [1.29, 1.82) is 0 Å². The van der Waals surface area contributed by atoms with Crippen molar-refractivity contribution < 1.29 is 14.0 Å². The van der Waals surface area contributed by atoms with E-state index in [0.717, 1.165) is 5.56 Å². The van der Waals surface area contributed by atoms with Crippen LogP contribution < -0.4 is 5.73 Å². The summed E-state index contributed by atoms with van der Waals surface area (Å²) in [5.41, 5.74) is 6.95. The average molecular weight is 293 g/mol. The lowest BCUT2D eigenvalue weighted by Gasteiger charge is -2.01. The van der Waals surface area contributed by atoms with Gasteiger partial charge in [0.2, 0.25) is 0 Å². The van der Waals surface area contributed by atoms with E-state index >= 15 is 0 Å². The summed E-state index contributed by atoms with van der Waals surface area (Å²) in [6, 6.07) is 8.68. The van der Waals surface area contributed by atoms with Gasteiger partial charge < -0.3 is 15.0 Å². The first kappa shape index (κ1) is 14.1. The second-order valence-corrected chi connectivity index (χ2v) is 4.59. The maximum absolute atomic E-state index is 11.7. The SMILES string of the molecule is Cc1occc1C(=O)O/N=C(\N)Cc1ccc(Cl)cc1. The molecule has 0 spiro atoms. The lowest BCUT2D eigenvalue weighted by atomic mass is 10.1. The van der Waals surface area contributed by atoms with Crippen LogP contribution in [0.5, 0.6) is 0 Å². The molecule has 0 radical (unpaired) electrons. The lowest BCUT2D eigenvalue weighted by Crippen LogP contribution is -2.16. The Morgan fingerprint density at radius 2 is 2.05 bits per heavy atom. The summed E-state index contributed by atoms with van der Waals surface area (Å²) in [6.45, 7) is 1.66. The van der Waals surface area contributed by atoms with E-state index in [-0.39, 0.29) is 5.84 Å². The summed E-state index contributed by atoms with van der Waals surface area (Å²) < 4.78 is 5.01. The average Bonchev–Trinajstić information content (AvgIpc) is 2.85. The third-order valence-electron chi connectivity index (χ3n) is 2.62. The van der Waals surface area contributed by atoms with Gasteiger partial charge in [0.05, 0.1) is 6.26 Å². The Bertz CT molecular complexity index is 632. The molecule has 0 bridgehead atoms. The van der Waals surface area contributed by atoms with Gasteiger partial charge in [0, 0.05) is 11.4 Å². The van der Waals surface area contributed by atoms with Crippen LogP contribution in [0.15, 0.2) is 46.2 Å². The highest BCUT2D eigenvalue weighted by atomic mass is 35.5. The minimum absolute atomic E-state index is 0.196. The van der Waals surface area contributed by atoms with E-state index in [0.29, 0.717) is 22.8 Å². The normalized spacial score (nSPS) is 11.4. The molecule has 5 nitrogen and oxygen atoms in total. The highest BCUT2D eigenvalue weighted by molar-refractivity contribution is 6.30. The van der Waals surface area contributed by atoms with Gasteiger partial charge in [-0.05, 0) is 30.7 Å². The lowest BCUT2D eigenvalue weighted by molar-refractivity contribution is 0.0513. The van der Waals surface area contributed by atoms with Gasteiger partial charge in [-0.25, -0.2) is 4.79 Å². The smallest absolute Gasteiger partial charge is 0.369 e. The minimum atomic E-state index is -0.602. The fourth-order valence-corrected chi connectivity index (χ4v) is 1.72. The summed E-state index contributed by atoms with van der Waals surface area (Å²) in [5.74, 6) is 0.0681. The number of benzene rings is 1. The number of amidine groups is 1. The van der Waals surface area contributed by atoms with Crippen LogP contribution in [-0.4, -0.2) is 11.8 Å². The number of hydrogen-bond donors (Lipinski definition) is 1. The molecule has 0 saturated heterocycles. The molecule has 20 heavy (non-hydrogen) atoms. The number of carbonyl (C=O) groups excluding carboxylic acids is 1. The Morgan fingerprint density at radius 3 is 2.65 bits per heavy atom. The summed E-state index contributed by atoms with van der Waals surface area (Å²) in [7, 11) is 0. The maximum Gasteiger partial charge on any atom is 0.369 e. The van der Waals surface area contributed by atoms with Crippen molar-refractivity contribution in [3.8, 4) is 0 Å². The Kier molecular flexibility index (Phi) is 4.42. The Balaban J connectivity index is 1.96. The fraction of sp³-hybridized carbons (Fsp3) is 0.143. The van der Waals surface area contributed by atoms with E-state index in [2.05, 4.69) is 5.16 Å². The van der Waals surface area contributed by atoms with Gasteiger partial charge in [-0.1, -0.05) is 28.9 Å². The van der Waals surface area contributed by atoms with Crippen molar-refractivity contribution in [2.75, 3.05) is 0 Å². The highest BCUT2D eigenvalue weighted by Gasteiger charge is 2.13. The first-order valence-corrected chi connectivity index (χ1v) is 6.26. The monoisotopic (exact) mass is 292 g/mol. The van der Waals surface area contributed by atoms with Gasteiger partial charge in [-0.15, -0.1) is 0 Å². The Hall–Kier alpha value is -2.27. The molecule has 1 aromatic heterocycles. The number of nitrogens with two attached hydrogens (primary N) is 1. The van der Waals surface area contributed by atoms with Crippen LogP contribution in [0.1, 0.15) is 21.7 Å². The molecule has 0 unspecified atom stereocenters. The molecule has 0 saturated carbocycles. The number of furan rings is 1. The molecule has 0 amide bonds. The molecule has 2 N–H and O–H groups in total. The zero-order valence-corrected chi connectivity index (χ0v) is 11.6. The van der Waals surface area contributed by atoms with Crippen LogP contribution in [-0.2, 0) is 11.3 Å². The number of rotatable bonds is 4. The molecule has 0 aliphatic heterocycles. The third-order valence-corrected chi connectivity index (χ3v) is 2.88. The van der Waals surface area contributed by atoms with E-state index in [1.165, 1.54) is 12.3 Å². The minimum Gasteiger partial charge on any atom is -0.469 e. The van der Waals surface area contributed by atoms with E-state index < -0.39 is 5.97 Å². The second-order valence-electron chi connectivity index (χ2n) is 4.16. The quantitative estimate of drug-likeness (QED) is 0.407. The molecule has 0 aliphatic carbocycles. The van der Waals surface area contributed by atoms with Gasteiger partial charge in [0.15, 0.2) is 0 Å². The van der Waals surface area contributed by atoms with E-state index in [4.69, 9.17) is 26.6 Å². The number of hydrogen-bond acceptors (Lipinski definition) is 4. The van der Waals surface area contributed by atoms with E-state index in [1.54, 1.807) is 19.1 Å². The van der Waals surface area contributed by atoms with Crippen LogP contribution in [0.25, 0.3) is 0 Å². The fourth-order valence-electron chi connectivity index (χ4n) is 1.59. The predicted molar refractivity (Wildman–Crippen MR) is 75.6 cm³/mol. The van der Waals surface area contributed by atoms with Crippen LogP contribution in [0.4, 0.5) is 0 Å². The van der Waals surface area contributed by atoms with Crippen LogP contribution in [0.3, 0.4) is 0 Å². The molecule has 1 aromatic carbocycles. The molecule has 6 heteroatoms. The number of nitrogens with zero attached hydrogens (tertiary/aromatic N) is 1.